The Kier molecular flexibility index (Phi) is 2.40. The van der Waals surface area contributed by atoms with Crippen LogP contribution in [0, 0.1) is 0 Å². The van der Waals surface area contributed by atoms with E-state index in [9.17, 15) is 0 Å². The molecule has 4 rings (SSSR count). The fraction of sp³-hybridized carbons (Fsp3) is 0.333. The van der Waals surface area contributed by atoms with Gasteiger partial charge in [-0.2, -0.15) is 0 Å². The third kappa shape index (κ3) is 1.75. The Labute approximate surface area is 111 Å². The van der Waals surface area contributed by atoms with Crippen LogP contribution in [0.2, 0.25) is 0 Å². The topological polar surface area (TPSA) is 42.2 Å². The van der Waals surface area contributed by atoms with Gasteiger partial charge >= 0.3 is 0 Å². The zero-order chi connectivity index (χ0) is 12.7. The average molecular weight is 252 g/mol. The van der Waals surface area contributed by atoms with Gasteiger partial charge in [0.1, 0.15) is 0 Å². The zero-order valence-electron chi connectivity index (χ0n) is 10.7. The Bertz CT molecular complexity index is 725. The zero-order valence-corrected chi connectivity index (χ0v) is 10.7. The molecule has 0 unspecified atom stereocenters. The number of aromatic nitrogens is 3. The van der Waals surface area contributed by atoms with Crippen LogP contribution in [-0.2, 0) is 0 Å². The van der Waals surface area contributed by atoms with Crippen LogP contribution in [0.5, 0.6) is 0 Å². The molecule has 0 saturated heterocycles. The molecule has 0 radical (unpaired) electrons. The van der Waals surface area contributed by atoms with Gasteiger partial charge in [0, 0.05) is 18.4 Å². The monoisotopic (exact) mass is 252 g/mol. The van der Waals surface area contributed by atoms with Crippen molar-refractivity contribution in [3.8, 4) is 0 Å². The van der Waals surface area contributed by atoms with Crippen molar-refractivity contribution in [2.75, 3.05) is 5.32 Å². The molecule has 3 aromatic rings. The van der Waals surface area contributed by atoms with E-state index in [0.717, 1.165) is 22.5 Å². The number of benzene rings is 1. The molecule has 1 aliphatic rings. The Morgan fingerprint density at radius 3 is 2.89 bits per heavy atom. The van der Waals surface area contributed by atoms with Gasteiger partial charge in [0.25, 0.3) is 0 Å². The summed E-state index contributed by atoms with van der Waals surface area (Å²) in [7, 11) is 0. The molecule has 1 aromatic carbocycles. The van der Waals surface area contributed by atoms with E-state index in [0.29, 0.717) is 6.04 Å². The Morgan fingerprint density at radius 1 is 1.16 bits per heavy atom. The van der Waals surface area contributed by atoms with Crippen LogP contribution in [0.1, 0.15) is 25.7 Å². The number of hydrogen-bond acceptors (Lipinski definition) is 3. The second-order valence-corrected chi connectivity index (χ2v) is 5.20. The lowest BCUT2D eigenvalue weighted by atomic mass is 10.2. The first-order valence-corrected chi connectivity index (χ1v) is 6.90. The highest BCUT2D eigenvalue weighted by Gasteiger charge is 2.17. The van der Waals surface area contributed by atoms with E-state index >= 15 is 0 Å². The van der Waals surface area contributed by atoms with Crippen LogP contribution in [0.15, 0.2) is 36.7 Å². The maximum atomic E-state index is 4.74. The molecule has 0 atom stereocenters. The third-order valence-electron chi connectivity index (χ3n) is 3.92. The molecular formula is C15H16N4. The molecule has 0 spiro atoms. The summed E-state index contributed by atoms with van der Waals surface area (Å²) in [6.07, 6.45) is 8.94. The standard InChI is InChI=1S/C15H16N4/c1-2-6-11(5-1)17-14-15-16-9-10-19(15)13-8-4-3-7-12(13)18-14/h3-4,7-11H,1-2,5-6H2,(H,17,18). The van der Waals surface area contributed by atoms with Gasteiger partial charge in [-0.05, 0) is 25.0 Å². The van der Waals surface area contributed by atoms with Crippen molar-refractivity contribution in [3.05, 3.63) is 36.7 Å². The second kappa shape index (κ2) is 4.23. The quantitative estimate of drug-likeness (QED) is 0.761. The van der Waals surface area contributed by atoms with Crippen molar-refractivity contribution >= 4 is 22.5 Å². The maximum absolute atomic E-state index is 4.74. The Morgan fingerprint density at radius 2 is 2.00 bits per heavy atom. The highest BCUT2D eigenvalue weighted by molar-refractivity contribution is 5.82. The summed E-state index contributed by atoms with van der Waals surface area (Å²) in [5, 5.41) is 3.57. The molecule has 4 heteroatoms. The lowest BCUT2D eigenvalue weighted by Crippen LogP contribution is -2.16. The minimum absolute atomic E-state index is 0.550. The minimum atomic E-state index is 0.550. The van der Waals surface area contributed by atoms with Crippen LogP contribution >= 0.6 is 0 Å². The number of nitrogens with zero attached hydrogens (tertiary/aromatic N) is 3. The number of imidazole rings is 1. The summed E-state index contributed by atoms with van der Waals surface area (Å²) in [5.74, 6) is 0.913. The van der Waals surface area contributed by atoms with Crippen LogP contribution in [0.3, 0.4) is 0 Å². The Balaban J connectivity index is 1.89. The normalized spacial score (nSPS) is 16.4. The number of anilines is 1. The average Bonchev–Trinajstić information content (AvgIpc) is 3.09. The number of para-hydroxylation sites is 2. The fourth-order valence-electron chi connectivity index (χ4n) is 2.97. The predicted molar refractivity (Wildman–Crippen MR) is 76.4 cm³/mol. The first kappa shape index (κ1) is 10.8. The predicted octanol–water partition coefficient (Wildman–Crippen LogP) is 3.24. The number of hydrogen-bond donors (Lipinski definition) is 1. The second-order valence-electron chi connectivity index (χ2n) is 5.20. The first-order chi connectivity index (χ1) is 9.42. The van der Waals surface area contributed by atoms with Gasteiger partial charge in [-0.3, -0.25) is 4.40 Å². The third-order valence-corrected chi connectivity index (χ3v) is 3.92. The van der Waals surface area contributed by atoms with E-state index in [1.165, 1.54) is 25.7 Å². The number of nitrogens with one attached hydrogen (secondary N) is 1. The molecular weight excluding hydrogens is 236 g/mol. The molecule has 4 nitrogen and oxygen atoms in total. The largest absolute Gasteiger partial charge is 0.364 e. The van der Waals surface area contributed by atoms with Crippen molar-refractivity contribution in [2.45, 2.75) is 31.7 Å². The molecule has 2 heterocycles. The summed E-state index contributed by atoms with van der Waals surface area (Å²) < 4.78 is 2.11. The van der Waals surface area contributed by atoms with Crippen LogP contribution < -0.4 is 5.32 Å². The summed E-state index contributed by atoms with van der Waals surface area (Å²) in [4.78, 5) is 9.19. The minimum Gasteiger partial charge on any atom is -0.364 e. The number of fused-ring (bicyclic) bond motifs is 3. The van der Waals surface area contributed by atoms with Gasteiger partial charge in [-0.15, -0.1) is 0 Å². The lowest BCUT2D eigenvalue weighted by molar-refractivity contribution is 0.751. The molecule has 1 saturated carbocycles. The van der Waals surface area contributed by atoms with Gasteiger partial charge in [0.2, 0.25) is 0 Å². The van der Waals surface area contributed by atoms with E-state index in [1.807, 2.05) is 24.5 Å². The maximum Gasteiger partial charge on any atom is 0.180 e. The SMILES string of the molecule is c1ccc2c(c1)nc(NC1CCCC1)c1nccn12. The van der Waals surface area contributed by atoms with Crippen LogP contribution in [-0.4, -0.2) is 20.4 Å². The van der Waals surface area contributed by atoms with Crippen molar-refractivity contribution < 1.29 is 0 Å². The first-order valence-electron chi connectivity index (χ1n) is 6.90. The van der Waals surface area contributed by atoms with Crippen molar-refractivity contribution in [3.63, 3.8) is 0 Å². The summed E-state index contributed by atoms with van der Waals surface area (Å²) >= 11 is 0. The molecule has 0 aliphatic heterocycles. The summed E-state index contributed by atoms with van der Waals surface area (Å²) in [5.41, 5.74) is 3.03. The van der Waals surface area contributed by atoms with E-state index in [1.54, 1.807) is 0 Å². The molecule has 19 heavy (non-hydrogen) atoms. The van der Waals surface area contributed by atoms with Gasteiger partial charge in [0.05, 0.1) is 11.0 Å². The van der Waals surface area contributed by atoms with Crippen LogP contribution in [0.25, 0.3) is 16.7 Å². The van der Waals surface area contributed by atoms with Crippen molar-refractivity contribution in [2.24, 2.45) is 0 Å². The number of rotatable bonds is 2. The highest BCUT2D eigenvalue weighted by atomic mass is 15.1. The molecule has 96 valence electrons. The molecule has 0 bridgehead atoms. The molecule has 2 aromatic heterocycles. The van der Waals surface area contributed by atoms with Gasteiger partial charge in [-0.1, -0.05) is 25.0 Å². The van der Waals surface area contributed by atoms with Crippen molar-refractivity contribution in [1.29, 1.82) is 0 Å². The molecule has 1 N–H and O–H groups in total. The lowest BCUT2D eigenvalue weighted by Gasteiger charge is -2.14. The fourth-order valence-corrected chi connectivity index (χ4v) is 2.97. The van der Waals surface area contributed by atoms with E-state index in [-0.39, 0.29) is 0 Å². The molecule has 1 fully saturated rings. The molecule has 1 aliphatic carbocycles. The van der Waals surface area contributed by atoms with Gasteiger partial charge < -0.3 is 5.32 Å². The highest BCUT2D eigenvalue weighted by Crippen LogP contribution is 2.25. The Hall–Kier alpha value is -2.10. The van der Waals surface area contributed by atoms with E-state index < -0.39 is 0 Å². The van der Waals surface area contributed by atoms with Gasteiger partial charge in [0.15, 0.2) is 11.5 Å². The molecule has 0 amide bonds. The van der Waals surface area contributed by atoms with E-state index in [2.05, 4.69) is 26.8 Å². The van der Waals surface area contributed by atoms with E-state index in [4.69, 9.17) is 4.98 Å². The van der Waals surface area contributed by atoms with Crippen LogP contribution in [0.4, 0.5) is 5.82 Å². The van der Waals surface area contributed by atoms with Crippen molar-refractivity contribution in [1.82, 2.24) is 14.4 Å². The van der Waals surface area contributed by atoms with Gasteiger partial charge in [-0.25, -0.2) is 9.97 Å². The smallest absolute Gasteiger partial charge is 0.180 e. The summed E-state index contributed by atoms with van der Waals surface area (Å²) in [6.45, 7) is 0. The summed E-state index contributed by atoms with van der Waals surface area (Å²) in [6, 6.07) is 8.74.